The number of nitrogens with zero attached hydrogens (tertiary/aromatic N) is 4. The predicted molar refractivity (Wildman–Crippen MR) is 82.2 cm³/mol. The summed E-state index contributed by atoms with van der Waals surface area (Å²) < 4.78 is 5.68. The van der Waals surface area contributed by atoms with Crippen LogP contribution in [0.3, 0.4) is 0 Å². The van der Waals surface area contributed by atoms with Gasteiger partial charge in [-0.3, -0.25) is 10.1 Å². The predicted octanol–water partition coefficient (Wildman–Crippen LogP) is 3.60. The number of ether oxygens (including phenoxy) is 1. The molecule has 22 heavy (non-hydrogen) atoms. The fourth-order valence-corrected chi connectivity index (χ4v) is 2.51. The molecular weight excluding hydrogens is 284 g/mol. The van der Waals surface area contributed by atoms with E-state index in [1.54, 1.807) is 12.1 Å². The Morgan fingerprint density at radius 3 is 2.45 bits per heavy atom. The molecule has 0 spiro atoms. The average Bonchev–Trinajstić information content (AvgIpc) is 2.56. The molecule has 0 radical (unpaired) electrons. The summed E-state index contributed by atoms with van der Waals surface area (Å²) in [5, 5.41) is 20.1. The number of non-ortho nitro benzene ring substituents is 1. The summed E-state index contributed by atoms with van der Waals surface area (Å²) in [5.41, 5.74) is 0.887. The first-order valence-corrected chi connectivity index (χ1v) is 7.39. The van der Waals surface area contributed by atoms with Crippen molar-refractivity contribution >= 4 is 11.4 Å². The molecule has 1 aromatic rings. The van der Waals surface area contributed by atoms with Crippen molar-refractivity contribution in [1.82, 2.24) is 4.90 Å². The van der Waals surface area contributed by atoms with Crippen LogP contribution in [0.2, 0.25) is 0 Å². The molecule has 7 heteroatoms. The quantitative estimate of drug-likeness (QED) is 0.359. The highest BCUT2D eigenvalue weighted by molar-refractivity contribution is 5.72. The second-order valence-electron chi connectivity index (χ2n) is 5.04. The third-order valence-electron chi connectivity index (χ3n) is 3.58. The Balaban J connectivity index is 2.39. The monoisotopic (exact) mass is 303 g/mol. The molecule has 1 aliphatic rings. The summed E-state index contributed by atoms with van der Waals surface area (Å²) in [6, 6.07) is 5.91. The molecule has 0 N–H and O–H groups in total. The van der Waals surface area contributed by atoms with Gasteiger partial charge in [-0.2, -0.15) is 0 Å². The molecule has 2 rings (SSSR count). The van der Waals surface area contributed by atoms with Crippen LogP contribution in [0.1, 0.15) is 31.7 Å². The normalized spacial score (nSPS) is 15.7. The van der Waals surface area contributed by atoms with Gasteiger partial charge < -0.3 is 9.64 Å². The fourth-order valence-electron chi connectivity index (χ4n) is 2.51. The minimum Gasteiger partial charge on any atom is -0.474 e. The lowest BCUT2D eigenvalue weighted by molar-refractivity contribution is -0.384. The van der Waals surface area contributed by atoms with Gasteiger partial charge in [-0.05, 0) is 38.3 Å². The summed E-state index contributed by atoms with van der Waals surface area (Å²) in [5.74, 6) is 0.526. The maximum Gasteiger partial charge on any atom is 0.451 e. The van der Waals surface area contributed by atoms with Crippen LogP contribution in [0.15, 0.2) is 30.1 Å². The van der Waals surface area contributed by atoms with Crippen molar-refractivity contribution in [2.75, 3.05) is 19.7 Å². The van der Waals surface area contributed by atoms with Gasteiger partial charge in [-0.1, -0.05) is 0 Å². The van der Waals surface area contributed by atoms with E-state index < -0.39 is 4.92 Å². The van der Waals surface area contributed by atoms with Crippen molar-refractivity contribution in [2.45, 2.75) is 26.2 Å². The van der Waals surface area contributed by atoms with Crippen LogP contribution in [0, 0.1) is 15.5 Å². The van der Waals surface area contributed by atoms with Crippen molar-refractivity contribution in [1.29, 1.82) is 5.39 Å². The zero-order valence-corrected chi connectivity index (χ0v) is 12.6. The van der Waals surface area contributed by atoms with E-state index in [4.69, 9.17) is 4.74 Å². The lowest BCUT2D eigenvalue weighted by Gasteiger charge is -2.28. The Labute approximate surface area is 129 Å². The smallest absolute Gasteiger partial charge is 0.451 e. The molecule has 1 fully saturated rings. The standard InChI is InChI=1S/C15H19N4O3/c1-2-22-15(18-10-4-3-5-11-18)14(17-16)12-6-8-13(9-7-12)19(20)21/h6-9H,2-5,10-11H2,1H3/q+1/b15-14+. The van der Waals surface area contributed by atoms with Gasteiger partial charge in [-0.15, -0.1) is 0 Å². The Morgan fingerprint density at radius 1 is 1.32 bits per heavy atom. The number of benzene rings is 1. The number of nitro groups is 1. The van der Waals surface area contributed by atoms with Crippen molar-refractivity contribution in [2.24, 2.45) is 0 Å². The molecule has 1 aliphatic heterocycles. The van der Waals surface area contributed by atoms with Crippen LogP contribution >= 0.6 is 0 Å². The zero-order valence-electron chi connectivity index (χ0n) is 12.6. The van der Waals surface area contributed by atoms with Crippen LogP contribution in [-0.4, -0.2) is 29.5 Å². The summed E-state index contributed by atoms with van der Waals surface area (Å²) in [6.45, 7) is 4.02. The minimum absolute atomic E-state index is 0.00280. The van der Waals surface area contributed by atoms with Gasteiger partial charge in [0, 0.05) is 25.2 Å². The van der Waals surface area contributed by atoms with Crippen molar-refractivity contribution < 1.29 is 9.66 Å². The van der Waals surface area contributed by atoms with Gasteiger partial charge in [0.05, 0.1) is 17.1 Å². The Bertz CT molecular complexity index is 598. The molecule has 1 heterocycles. The van der Waals surface area contributed by atoms with Crippen molar-refractivity contribution in [3.8, 4) is 0 Å². The Morgan fingerprint density at radius 2 is 1.95 bits per heavy atom. The number of rotatable bonds is 5. The van der Waals surface area contributed by atoms with E-state index >= 15 is 0 Å². The number of nitro benzene ring substituents is 1. The molecule has 0 saturated carbocycles. The van der Waals surface area contributed by atoms with Gasteiger partial charge >= 0.3 is 5.70 Å². The molecule has 0 atom stereocenters. The minimum atomic E-state index is -0.461. The zero-order chi connectivity index (χ0) is 15.9. The first-order valence-electron chi connectivity index (χ1n) is 7.39. The number of piperidine rings is 1. The van der Waals surface area contributed by atoms with Crippen LogP contribution < -0.4 is 0 Å². The largest absolute Gasteiger partial charge is 0.474 e. The highest BCUT2D eigenvalue weighted by Gasteiger charge is 2.29. The topological polar surface area (TPSA) is 83.8 Å². The number of diazo groups is 1. The van der Waals surface area contributed by atoms with E-state index in [0.29, 0.717) is 23.8 Å². The van der Waals surface area contributed by atoms with Crippen molar-refractivity contribution in [3.63, 3.8) is 0 Å². The van der Waals surface area contributed by atoms with E-state index in [1.165, 1.54) is 18.6 Å². The fraction of sp³-hybridized carbons (Fsp3) is 0.467. The van der Waals surface area contributed by atoms with Gasteiger partial charge in [0.2, 0.25) is 5.39 Å². The SMILES string of the molecule is CCO/C(=C(/[N+]#N)c1ccc([N+](=O)[O-])cc1)N1CCCCC1. The van der Waals surface area contributed by atoms with E-state index in [9.17, 15) is 15.5 Å². The highest BCUT2D eigenvalue weighted by atomic mass is 16.6. The number of hydrogen-bond acceptors (Lipinski definition) is 5. The van der Waals surface area contributed by atoms with Crippen LogP contribution in [-0.2, 0) is 4.74 Å². The summed E-state index contributed by atoms with van der Waals surface area (Å²) >= 11 is 0. The molecule has 0 aliphatic carbocycles. The van der Waals surface area contributed by atoms with E-state index in [-0.39, 0.29) is 5.69 Å². The molecule has 0 amide bonds. The lowest BCUT2D eigenvalue weighted by atomic mass is 10.1. The molecule has 0 aromatic heterocycles. The van der Waals surface area contributed by atoms with Crippen molar-refractivity contribution in [3.05, 3.63) is 50.8 Å². The number of hydrogen-bond donors (Lipinski definition) is 0. The van der Waals surface area contributed by atoms with Crippen LogP contribution in [0.5, 0.6) is 0 Å². The summed E-state index contributed by atoms with van der Waals surface area (Å²) in [7, 11) is 0. The third-order valence-corrected chi connectivity index (χ3v) is 3.58. The highest BCUT2D eigenvalue weighted by Crippen LogP contribution is 2.27. The van der Waals surface area contributed by atoms with E-state index in [1.807, 2.05) is 6.92 Å². The Hall–Kier alpha value is -2.62. The molecule has 116 valence electrons. The van der Waals surface area contributed by atoms with Gasteiger partial charge in [0.1, 0.15) is 0 Å². The first-order chi connectivity index (χ1) is 10.7. The maximum atomic E-state index is 10.7. The second kappa shape index (κ2) is 7.41. The second-order valence-corrected chi connectivity index (χ2v) is 5.04. The molecule has 0 unspecified atom stereocenters. The molecule has 1 saturated heterocycles. The first kappa shape index (κ1) is 15.8. The van der Waals surface area contributed by atoms with E-state index in [2.05, 4.69) is 9.88 Å². The van der Waals surface area contributed by atoms with Gasteiger partial charge in [0.15, 0.2) is 4.98 Å². The maximum absolute atomic E-state index is 10.7. The molecule has 7 nitrogen and oxygen atoms in total. The Kier molecular flexibility index (Phi) is 5.31. The molecule has 1 aromatic carbocycles. The lowest BCUT2D eigenvalue weighted by Crippen LogP contribution is -2.31. The number of likely N-dealkylation sites (tertiary alicyclic amines) is 1. The molecule has 0 bridgehead atoms. The van der Waals surface area contributed by atoms with Gasteiger partial charge in [-0.25, -0.2) is 0 Å². The van der Waals surface area contributed by atoms with Crippen LogP contribution in [0.4, 0.5) is 5.69 Å². The van der Waals surface area contributed by atoms with Gasteiger partial charge in [0.25, 0.3) is 11.6 Å². The third kappa shape index (κ3) is 3.52. The van der Waals surface area contributed by atoms with E-state index in [0.717, 1.165) is 25.9 Å². The molecular formula is C15H19N4O3+. The summed E-state index contributed by atoms with van der Waals surface area (Å²) in [6.07, 6.45) is 3.31. The average molecular weight is 303 g/mol. The summed E-state index contributed by atoms with van der Waals surface area (Å²) in [4.78, 5) is 15.7. The van der Waals surface area contributed by atoms with Crippen LogP contribution in [0.25, 0.3) is 10.7 Å².